The highest BCUT2D eigenvalue weighted by atomic mass is 32.2. The number of hydrogen-bond donors (Lipinski definition) is 2. The van der Waals surface area contributed by atoms with Crippen molar-refractivity contribution in [3.63, 3.8) is 0 Å². The minimum Gasteiger partial charge on any atom is -0.481 e. The van der Waals surface area contributed by atoms with Gasteiger partial charge in [-0.25, -0.2) is 0 Å². The average molecular weight is 264 g/mol. The molecule has 0 saturated heterocycles. The Bertz CT molecular complexity index is 380. The first-order valence-electron chi connectivity index (χ1n) is 5.72. The van der Waals surface area contributed by atoms with E-state index < -0.39 is 22.1 Å². The molecule has 0 unspecified atom stereocenters. The summed E-state index contributed by atoms with van der Waals surface area (Å²) in [5.74, 6) is -1.27. The molecule has 0 aromatic carbocycles. The molecule has 1 saturated carbocycles. The third kappa shape index (κ3) is 3.65. The van der Waals surface area contributed by atoms with Gasteiger partial charge in [0.1, 0.15) is 0 Å². The van der Waals surface area contributed by atoms with Crippen LogP contribution in [0.5, 0.6) is 0 Å². The number of carboxylic acid groups (broad SMARTS) is 1. The molecule has 7 heteroatoms. The number of carboxylic acids is 1. The van der Waals surface area contributed by atoms with E-state index >= 15 is 0 Å². The Kier molecular flexibility index (Phi) is 4.51. The van der Waals surface area contributed by atoms with Crippen LogP contribution in [0.2, 0.25) is 0 Å². The first kappa shape index (κ1) is 14.4. The Balaban J connectivity index is 2.59. The maximum Gasteiger partial charge on any atom is 0.306 e. The fourth-order valence-corrected chi connectivity index (χ4v) is 3.24. The lowest BCUT2D eigenvalue weighted by molar-refractivity contribution is -0.141. The maximum atomic E-state index is 11.9. The van der Waals surface area contributed by atoms with Gasteiger partial charge in [0.25, 0.3) is 10.2 Å². The van der Waals surface area contributed by atoms with E-state index in [-0.39, 0.29) is 12.1 Å². The zero-order valence-corrected chi connectivity index (χ0v) is 11.2. The lowest BCUT2D eigenvalue weighted by atomic mass is 10.1. The fraction of sp³-hybridized carbons (Fsp3) is 0.900. The molecular formula is C10H20N2O4S. The van der Waals surface area contributed by atoms with Crippen molar-refractivity contribution in [2.75, 3.05) is 7.05 Å². The lowest BCUT2D eigenvalue weighted by Gasteiger charge is -2.23. The smallest absolute Gasteiger partial charge is 0.306 e. The van der Waals surface area contributed by atoms with Gasteiger partial charge in [-0.05, 0) is 33.1 Å². The summed E-state index contributed by atoms with van der Waals surface area (Å²) in [6, 6.07) is -0.383. The molecule has 0 radical (unpaired) electrons. The predicted molar refractivity (Wildman–Crippen MR) is 63.7 cm³/mol. The van der Waals surface area contributed by atoms with Gasteiger partial charge >= 0.3 is 5.97 Å². The Hall–Kier alpha value is -0.660. The summed E-state index contributed by atoms with van der Waals surface area (Å²) in [5.41, 5.74) is 0. The molecule has 0 aliphatic heterocycles. The van der Waals surface area contributed by atoms with E-state index in [0.717, 1.165) is 0 Å². The first-order valence-corrected chi connectivity index (χ1v) is 7.16. The summed E-state index contributed by atoms with van der Waals surface area (Å²) in [4.78, 5) is 10.8. The number of carbonyl (C=O) groups is 1. The van der Waals surface area contributed by atoms with Crippen molar-refractivity contribution in [1.29, 1.82) is 0 Å². The van der Waals surface area contributed by atoms with Crippen molar-refractivity contribution in [2.24, 2.45) is 5.92 Å². The quantitative estimate of drug-likeness (QED) is 0.753. The standard InChI is InChI=1S/C10H20N2O4S/c1-7(2)12(3)17(15,16)11-9-5-4-8(6-9)10(13)14/h7-9,11H,4-6H2,1-3H3,(H,13,14)/t8-,9+/m1/s1. The van der Waals surface area contributed by atoms with Crippen LogP contribution in [0.1, 0.15) is 33.1 Å². The van der Waals surface area contributed by atoms with Gasteiger partial charge in [-0.2, -0.15) is 17.4 Å². The highest BCUT2D eigenvalue weighted by molar-refractivity contribution is 7.87. The molecule has 1 aliphatic rings. The molecule has 6 nitrogen and oxygen atoms in total. The second kappa shape index (κ2) is 5.32. The topological polar surface area (TPSA) is 86.7 Å². The Labute approximate surface area is 102 Å². The van der Waals surface area contributed by atoms with E-state index in [1.807, 2.05) is 0 Å². The summed E-state index contributed by atoms with van der Waals surface area (Å²) < 4.78 is 27.6. The number of nitrogens with one attached hydrogen (secondary N) is 1. The molecule has 0 spiro atoms. The van der Waals surface area contributed by atoms with Crippen molar-refractivity contribution in [2.45, 2.75) is 45.2 Å². The van der Waals surface area contributed by atoms with E-state index in [1.54, 1.807) is 13.8 Å². The van der Waals surface area contributed by atoms with Crippen LogP contribution in [0.25, 0.3) is 0 Å². The number of hydrogen-bond acceptors (Lipinski definition) is 3. The summed E-state index contributed by atoms with van der Waals surface area (Å²) in [5, 5.41) is 8.84. The molecule has 0 amide bonds. The monoisotopic (exact) mass is 264 g/mol. The van der Waals surface area contributed by atoms with Gasteiger partial charge in [-0.3, -0.25) is 4.79 Å². The summed E-state index contributed by atoms with van der Waals surface area (Å²) >= 11 is 0. The van der Waals surface area contributed by atoms with Crippen molar-refractivity contribution >= 4 is 16.2 Å². The molecule has 0 bridgehead atoms. The number of nitrogens with zero attached hydrogens (tertiary/aromatic N) is 1. The Morgan fingerprint density at radius 1 is 1.41 bits per heavy atom. The van der Waals surface area contributed by atoms with E-state index in [1.165, 1.54) is 11.4 Å². The van der Waals surface area contributed by atoms with Crippen molar-refractivity contribution in [1.82, 2.24) is 9.03 Å². The summed E-state index contributed by atoms with van der Waals surface area (Å²) in [7, 11) is -1.99. The molecule has 1 fully saturated rings. The van der Waals surface area contributed by atoms with Gasteiger partial charge in [0, 0.05) is 19.1 Å². The van der Waals surface area contributed by atoms with Crippen molar-refractivity contribution < 1.29 is 18.3 Å². The molecule has 2 N–H and O–H groups in total. The van der Waals surface area contributed by atoms with Crippen LogP contribution in [0.3, 0.4) is 0 Å². The Morgan fingerprint density at radius 2 is 2.00 bits per heavy atom. The van der Waals surface area contributed by atoms with Crippen LogP contribution < -0.4 is 4.72 Å². The second-order valence-electron chi connectivity index (χ2n) is 4.78. The van der Waals surface area contributed by atoms with E-state index in [2.05, 4.69) is 4.72 Å². The number of rotatable bonds is 5. The predicted octanol–water partition coefficient (Wildman–Crippen LogP) is 0.414. The highest BCUT2D eigenvalue weighted by Crippen LogP contribution is 2.26. The van der Waals surface area contributed by atoms with Crippen LogP contribution >= 0.6 is 0 Å². The molecule has 1 aliphatic carbocycles. The van der Waals surface area contributed by atoms with E-state index in [9.17, 15) is 13.2 Å². The molecule has 0 heterocycles. The molecular weight excluding hydrogens is 244 g/mol. The molecule has 1 rings (SSSR count). The second-order valence-corrected chi connectivity index (χ2v) is 6.54. The Morgan fingerprint density at radius 3 is 2.41 bits per heavy atom. The zero-order valence-electron chi connectivity index (χ0n) is 10.4. The lowest BCUT2D eigenvalue weighted by Crippen LogP contribution is -2.45. The van der Waals surface area contributed by atoms with E-state index in [4.69, 9.17) is 5.11 Å². The minimum atomic E-state index is -3.50. The first-order chi connectivity index (χ1) is 7.74. The summed E-state index contributed by atoms with van der Waals surface area (Å²) in [6.07, 6.45) is 1.50. The average Bonchev–Trinajstić information content (AvgIpc) is 2.64. The highest BCUT2D eigenvalue weighted by Gasteiger charge is 2.33. The van der Waals surface area contributed by atoms with Crippen LogP contribution in [0.4, 0.5) is 0 Å². The van der Waals surface area contributed by atoms with Crippen LogP contribution in [0.15, 0.2) is 0 Å². The van der Waals surface area contributed by atoms with Crippen LogP contribution in [0, 0.1) is 5.92 Å². The SMILES string of the molecule is CC(C)N(C)S(=O)(=O)N[C@H]1CC[C@@H](C(=O)O)C1. The van der Waals surface area contributed by atoms with Gasteiger partial charge in [-0.15, -0.1) is 0 Å². The molecule has 0 aromatic rings. The van der Waals surface area contributed by atoms with Gasteiger partial charge < -0.3 is 5.11 Å². The van der Waals surface area contributed by atoms with Gasteiger partial charge in [0.05, 0.1) is 5.92 Å². The van der Waals surface area contributed by atoms with Crippen molar-refractivity contribution in [3.05, 3.63) is 0 Å². The van der Waals surface area contributed by atoms with Crippen LogP contribution in [-0.2, 0) is 15.0 Å². The summed E-state index contributed by atoms with van der Waals surface area (Å²) in [6.45, 7) is 3.57. The number of aliphatic carboxylic acids is 1. The minimum absolute atomic E-state index is 0.121. The van der Waals surface area contributed by atoms with Crippen LogP contribution in [-0.4, -0.2) is 42.9 Å². The largest absolute Gasteiger partial charge is 0.481 e. The maximum absolute atomic E-state index is 11.9. The van der Waals surface area contributed by atoms with Gasteiger partial charge in [0.15, 0.2) is 0 Å². The van der Waals surface area contributed by atoms with E-state index in [0.29, 0.717) is 19.3 Å². The third-order valence-electron chi connectivity index (χ3n) is 3.20. The van der Waals surface area contributed by atoms with Gasteiger partial charge in [-0.1, -0.05) is 0 Å². The van der Waals surface area contributed by atoms with Gasteiger partial charge in [0.2, 0.25) is 0 Å². The molecule has 0 aromatic heterocycles. The normalized spacial score (nSPS) is 25.7. The third-order valence-corrected chi connectivity index (χ3v) is 5.01. The fourth-order valence-electron chi connectivity index (χ4n) is 1.88. The van der Waals surface area contributed by atoms with Crippen molar-refractivity contribution in [3.8, 4) is 0 Å². The molecule has 2 atom stereocenters. The molecule has 17 heavy (non-hydrogen) atoms. The molecule has 100 valence electrons. The zero-order chi connectivity index (χ0) is 13.2.